The molecular weight excluding hydrogens is 230 g/mol. The minimum atomic E-state index is -0.804. The number of anilines is 1. The van der Waals surface area contributed by atoms with Crippen molar-refractivity contribution in [1.82, 2.24) is 9.97 Å². The highest BCUT2D eigenvalue weighted by molar-refractivity contribution is 5.75. The number of aromatic nitrogens is 2. The van der Waals surface area contributed by atoms with Gasteiger partial charge in [0.25, 0.3) is 0 Å². The Morgan fingerprint density at radius 2 is 2.06 bits per heavy atom. The van der Waals surface area contributed by atoms with E-state index in [0.717, 1.165) is 16.9 Å². The van der Waals surface area contributed by atoms with E-state index in [9.17, 15) is 4.79 Å². The number of aliphatic carboxylic acids is 1. The number of rotatable bonds is 5. The summed E-state index contributed by atoms with van der Waals surface area (Å²) in [7, 11) is 0. The summed E-state index contributed by atoms with van der Waals surface area (Å²) in [5, 5.41) is 8.71. The molecule has 0 aliphatic heterocycles. The van der Waals surface area contributed by atoms with E-state index >= 15 is 0 Å². The summed E-state index contributed by atoms with van der Waals surface area (Å²) in [5.41, 5.74) is 1.67. The molecule has 0 aliphatic carbocycles. The van der Waals surface area contributed by atoms with Gasteiger partial charge in [0.05, 0.1) is 23.7 Å². The van der Waals surface area contributed by atoms with E-state index in [1.807, 2.05) is 36.1 Å². The van der Waals surface area contributed by atoms with Crippen LogP contribution < -0.4 is 4.90 Å². The number of benzene rings is 1. The number of para-hydroxylation sites is 2. The molecule has 1 N–H and O–H groups in total. The van der Waals surface area contributed by atoms with Gasteiger partial charge < -0.3 is 10.0 Å². The summed E-state index contributed by atoms with van der Waals surface area (Å²) < 4.78 is 0. The molecule has 0 spiro atoms. The lowest BCUT2D eigenvalue weighted by atomic mass is 10.3. The van der Waals surface area contributed by atoms with E-state index < -0.39 is 5.97 Å². The van der Waals surface area contributed by atoms with Crippen LogP contribution in [-0.2, 0) is 4.79 Å². The molecule has 0 radical (unpaired) electrons. The monoisotopic (exact) mass is 245 g/mol. The van der Waals surface area contributed by atoms with Gasteiger partial charge in [-0.1, -0.05) is 12.1 Å². The molecular formula is C13H15N3O2. The molecule has 0 aliphatic rings. The molecule has 0 saturated carbocycles. The molecule has 0 fully saturated rings. The fourth-order valence-corrected chi connectivity index (χ4v) is 1.77. The van der Waals surface area contributed by atoms with Gasteiger partial charge in [0.2, 0.25) is 0 Å². The molecule has 5 nitrogen and oxygen atoms in total. The second-order valence-corrected chi connectivity index (χ2v) is 3.94. The maximum atomic E-state index is 10.6. The van der Waals surface area contributed by atoms with Gasteiger partial charge in [0, 0.05) is 13.1 Å². The Kier molecular flexibility index (Phi) is 3.72. The highest BCUT2D eigenvalue weighted by Gasteiger charge is 2.09. The third-order valence-corrected chi connectivity index (χ3v) is 2.74. The van der Waals surface area contributed by atoms with Crippen LogP contribution >= 0.6 is 0 Å². The van der Waals surface area contributed by atoms with Crippen molar-refractivity contribution in [3.63, 3.8) is 0 Å². The summed E-state index contributed by atoms with van der Waals surface area (Å²) in [5.74, 6) is -0.0837. The molecule has 2 rings (SSSR count). The third-order valence-electron chi connectivity index (χ3n) is 2.74. The van der Waals surface area contributed by atoms with Crippen LogP contribution in [0.5, 0.6) is 0 Å². The van der Waals surface area contributed by atoms with Gasteiger partial charge in [-0.15, -0.1) is 0 Å². The topological polar surface area (TPSA) is 66.3 Å². The molecule has 0 unspecified atom stereocenters. The summed E-state index contributed by atoms with van der Waals surface area (Å²) in [6.45, 7) is 3.12. The number of hydrogen-bond donors (Lipinski definition) is 1. The fourth-order valence-electron chi connectivity index (χ4n) is 1.77. The van der Waals surface area contributed by atoms with Crippen molar-refractivity contribution in [3.8, 4) is 0 Å². The molecule has 0 saturated heterocycles. The number of nitrogens with zero attached hydrogens (tertiary/aromatic N) is 3. The molecule has 2 aromatic rings. The summed E-state index contributed by atoms with van der Waals surface area (Å²) in [6.07, 6.45) is 1.79. The van der Waals surface area contributed by atoms with Gasteiger partial charge in [-0.3, -0.25) is 9.78 Å². The van der Waals surface area contributed by atoms with Gasteiger partial charge in [-0.25, -0.2) is 4.98 Å². The van der Waals surface area contributed by atoms with Crippen molar-refractivity contribution in [1.29, 1.82) is 0 Å². The average molecular weight is 245 g/mol. The zero-order chi connectivity index (χ0) is 13.0. The van der Waals surface area contributed by atoms with Crippen LogP contribution in [-0.4, -0.2) is 34.1 Å². The van der Waals surface area contributed by atoms with Crippen LogP contribution in [0, 0.1) is 0 Å². The number of carboxylic acids is 1. The van der Waals surface area contributed by atoms with Crippen molar-refractivity contribution in [2.24, 2.45) is 0 Å². The van der Waals surface area contributed by atoms with Gasteiger partial charge in [0.1, 0.15) is 5.82 Å². The molecule has 5 heteroatoms. The smallest absolute Gasteiger partial charge is 0.305 e. The minimum absolute atomic E-state index is 0.0996. The normalized spacial score (nSPS) is 10.5. The van der Waals surface area contributed by atoms with Crippen molar-refractivity contribution in [2.75, 3.05) is 18.0 Å². The number of carbonyl (C=O) groups is 1. The van der Waals surface area contributed by atoms with Gasteiger partial charge >= 0.3 is 5.97 Å². The molecule has 1 heterocycles. The number of carboxylic acid groups (broad SMARTS) is 1. The lowest BCUT2D eigenvalue weighted by molar-refractivity contribution is -0.136. The number of hydrogen-bond acceptors (Lipinski definition) is 4. The standard InChI is InChI=1S/C13H15N3O2/c1-2-16(8-7-13(17)18)12-9-14-10-5-3-4-6-11(10)15-12/h3-6,9H,2,7-8H2,1H3,(H,17,18). The Bertz CT molecular complexity index is 557. The first-order valence-corrected chi connectivity index (χ1v) is 5.89. The Morgan fingerprint density at radius 1 is 1.33 bits per heavy atom. The van der Waals surface area contributed by atoms with Crippen molar-refractivity contribution >= 4 is 22.8 Å². The number of fused-ring (bicyclic) bond motifs is 1. The van der Waals surface area contributed by atoms with Crippen LogP contribution in [0.25, 0.3) is 11.0 Å². The van der Waals surface area contributed by atoms with Crippen molar-refractivity contribution in [2.45, 2.75) is 13.3 Å². The second kappa shape index (κ2) is 5.44. The minimum Gasteiger partial charge on any atom is -0.481 e. The van der Waals surface area contributed by atoms with Crippen LogP contribution in [0.2, 0.25) is 0 Å². The first-order valence-electron chi connectivity index (χ1n) is 5.89. The van der Waals surface area contributed by atoms with Gasteiger partial charge in [-0.05, 0) is 19.1 Å². The van der Waals surface area contributed by atoms with Gasteiger partial charge in [0.15, 0.2) is 0 Å². The Labute approximate surface area is 105 Å². The zero-order valence-corrected chi connectivity index (χ0v) is 10.2. The maximum Gasteiger partial charge on any atom is 0.305 e. The Hall–Kier alpha value is -2.17. The summed E-state index contributed by atoms with van der Waals surface area (Å²) in [6, 6.07) is 7.63. The van der Waals surface area contributed by atoms with E-state index in [0.29, 0.717) is 13.1 Å². The zero-order valence-electron chi connectivity index (χ0n) is 10.2. The van der Waals surface area contributed by atoms with E-state index in [4.69, 9.17) is 5.11 Å². The molecule has 0 amide bonds. The van der Waals surface area contributed by atoms with Crippen LogP contribution in [0.1, 0.15) is 13.3 Å². The Balaban J connectivity index is 2.24. The molecule has 94 valence electrons. The third kappa shape index (κ3) is 2.74. The predicted molar refractivity (Wildman–Crippen MR) is 69.7 cm³/mol. The second-order valence-electron chi connectivity index (χ2n) is 3.94. The highest BCUT2D eigenvalue weighted by Crippen LogP contribution is 2.15. The first-order chi connectivity index (χ1) is 8.70. The van der Waals surface area contributed by atoms with Gasteiger partial charge in [-0.2, -0.15) is 0 Å². The van der Waals surface area contributed by atoms with Crippen molar-refractivity contribution in [3.05, 3.63) is 30.5 Å². The predicted octanol–water partition coefficient (Wildman–Crippen LogP) is 1.93. The lowest BCUT2D eigenvalue weighted by Crippen LogP contribution is -2.26. The summed E-state index contributed by atoms with van der Waals surface area (Å²) in [4.78, 5) is 21.3. The lowest BCUT2D eigenvalue weighted by Gasteiger charge is -2.20. The van der Waals surface area contributed by atoms with E-state index in [1.165, 1.54) is 0 Å². The van der Waals surface area contributed by atoms with Crippen molar-refractivity contribution < 1.29 is 9.90 Å². The fraction of sp³-hybridized carbons (Fsp3) is 0.308. The van der Waals surface area contributed by atoms with E-state index in [1.54, 1.807) is 6.20 Å². The average Bonchev–Trinajstić information content (AvgIpc) is 2.39. The van der Waals surface area contributed by atoms with E-state index in [2.05, 4.69) is 9.97 Å². The van der Waals surface area contributed by atoms with Crippen LogP contribution in [0.3, 0.4) is 0 Å². The quantitative estimate of drug-likeness (QED) is 0.871. The van der Waals surface area contributed by atoms with Crippen LogP contribution in [0.15, 0.2) is 30.5 Å². The highest BCUT2D eigenvalue weighted by atomic mass is 16.4. The van der Waals surface area contributed by atoms with Crippen LogP contribution in [0.4, 0.5) is 5.82 Å². The molecule has 1 aromatic heterocycles. The molecule has 0 bridgehead atoms. The van der Waals surface area contributed by atoms with E-state index in [-0.39, 0.29) is 6.42 Å². The molecule has 18 heavy (non-hydrogen) atoms. The largest absolute Gasteiger partial charge is 0.481 e. The maximum absolute atomic E-state index is 10.6. The summed E-state index contributed by atoms with van der Waals surface area (Å²) >= 11 is 0. The SMILES string of the molecule is CCN(CCC(=O)O)c1cnc2ccccc2n1. The molecule has 1 aromatic carbocycles. The molecule has 0 atom stereocenters. The Morgan fingerprint density at radius 3 is 2.72 bits per heavy atom. The first kappa shape index (κ1) is 12.3.